The second-order valence-corrected chi connectivity index (χ2v) is 6.13. The van der Waals surface area contributed by atoms with Gasteiger partial charge in [-0.15, -0.1) is 0 Å². The second kappa shape index (κ2) is 10.3. The molecule has 27 heavy (non-hydrogen) atoms. The molecule has 2 N–H and O–H groups in total. The molecule has 0 bridgehead atoms. The maximum Gasteiger partial charge on any atom is 0.293 e. The molecule has 0 saturated carbocycles. The van der Waals surface area contributed by atoms with E-state index in [2.05, 4.69) is 17.6 Å². The number of hydrogen-bond donors (Lipinski definition) is 2. The lowest BCUT2D eigenvalue weighted by atomic mass is 9.96. The minimum atomic E-state index is -0.495. The largest absolute Gasteiger partial charge is 0.383 e. The van der Waals surface area contributed by atoms with Crippen LogP contribution in [0, 0.1) is 10.1 Å². The molecule has 0 radical (unpaired) electrons. The highest BCUT2D eigenvalue weighted by Gasteiger charge is 2.18. The first-order chi connectivity index (χ1) is 13.1. The van der Waals surface area contributed by atoms with Crippen LogP contribution >= 0.6 is 0 Å². The van der Waals surface area contributed by atoms with Crippen molar-refractivity contribution in [3.8, 4) is 0 Å². The molecule has 2 aromatic rings. The molecule has 0 aliphatic carbocycles. The number of ether oxygens (including phenoxy) is 1. The van der Waals surface area contributed by atoms with Crippen LogP contribution in [-0.2, 0) is 4.74 Å². The van der Waals surface area contributed by atoms with Crippen LogP contribution < -0.4 is 10.6 Å². The number of nitro benzene ring substituents is 1. The summed E-state index contributed by atoms with van der Waals surface area (Å²) < 4.78 is 4.93. The molecule has 0 aliphatic rings. The third-order valence-corrected chi connectivity index (χ3v) is 4.35. The SMILES string of the molecule is CC[C@@H](CNC(=O)c1ccc(NCCOC)c([N+](=O)[O-])c1)c1ccccc1. The average Bonchev–Trinajstić information content (AvgIpc) is 2.69. The quantitative estimate of drug-likeness (QED) is 0.378. The number of anilines is 1. The van der Waals surface area contributed by atoms with Crippen molar-refractivity contribution in [3.05, 3.63) is 69.8 Å². The zero-order valence-corrected chi connectivity index (χ0v) is 15.6. The van der Waals surface area contributed by atoms with E-state index in [1.54, 1.807) is 19.2 Å². The summed E-state index contributed by atoms with van der Waals surface area (Å²) in [4.78, 5) is 23.3. The Morgan fingerprint density at radius 3 is 2.59 bits per heavy atom. The lowest BCUT2D eigenvalue weighted by molar-refractivity contribution is -0.384. The summed E-state index contributed by atoms with van der Waals surface area (Å²) in [6.45, 7) is 3.41. The van der Waals surface area contributed by atoms with Gasteiger partial charge in [-0.25, -0.2) is 0 Å². The van der Waals surface area contributed by atoms with Crippen molar-refractivity contribution in [2.24, 2.45) is 0 Å². The van der Waals surface area contributed by atoms with Gasteiger partial charge < -0.3 is 15.4 Å². The zero-order chi connectivity index (χ0) is 19.6. The number of nitro groups is 1. The standard InChI is InChI=1S/C20H25N3O4/c1-3-15(16-7-5-4-6-8-16)14-22-20(24)17-9-10-18(21-11-12-27-2)19(13-17)23(25)26/h4-10,13,15,21H,3,11-12,14H2,1-2H3,(H,22,24)/t15-/m0/s1. The molecule has 0 heterocycles. The lowest BCUT2D eigenvalue weighted by Gasteiger charge is -2.16. The molecule has 0 aliphatic heterocycles. The van der Waals surface area contributed by atoms with Crippen molar-refractivity contribution in [1.82, 2.24) is 5.32 Å². The summed E-state index contributed by atoms with van der Waals surface area (Å²) >= 11 is 0. The van der Waals surface area contributed by atoms with E-state index in [0.29, 0.717) is 25.4 Å². The Kier molecular flexibility index (Phi) is 7.76. The monoisotopic (exact) mass is 371 g/mol. The maximum absolute atomic E-state index is 12.5. The molecule has 0 saturated heterocycles. The average molecular weight is 371 g/mol. The summed E-state index contributed by atoms with van der Waals surface area (Å²) in [6, 6.07) is 14.4. The third-order valence-electron chi connectivity index (χ3n) is 4.35. The summed E-state index contributed by atoms with van der Waals surface area (Å²) in [5.41, 5.74) is 1.66. The lowest BCUT2D eigenvalue weighted by Crippen LogP contribution is -2.28. The summed E-state index contributed by atoms with van der Waals surface area (Å²) in [7, 11) is 1.56. The molecule has 144 valence electrons. The van der Waals surface area contributed by atoms with Gasteiger partial charge in [-0.05, 0) is 24.1 Å². The van der Waals surface area contributed by atoms with Gasteiger partial charge in [0.05, 0.1) is 11.5 Å². The van der Waals surface area contributed by atoms with E-state index in [0.717, 1.165) is 12.0 Å². The first-order valence-electron chi connectivity index (χ1n) is 8.91. The van der Waals surface area contributed by atoms with Crippen molar-refractivity contribution < 1.29 is 14.5 Å². The van der Waals surface area contributed by atoms with Crippen LogP contribution in [0.5, 0.6) is 0 Å². The molecule has 0 fully saturated rings. The molecule has 0 spiro atoms. The van der Waals surface area contributed by atoms with E-state index in [4.69, 9.17) is 4.74 Å². The molecule has 0 unspecified atom stereocenters. The molecule has 2 rings (SSSR count). The van der Waals surface area contributed by atoms with Gasteiger partial charge in [0, 0.05) is 37.7 Å². The highest BCUT2D eigenvalue weighted by Crippen LogP contribution is 2.25. The predicted molar refractivity (Wildman–Crippen MR) is 105 cm³/mol. The number of hydrogen-bond acceptors (Lipinski definition) is 5. The molecular weight excluding hydrogens is 346 g/mol. The van der Waals surface area contributed by atoms with Crippen molar-refractivity contribution in [1.29, 1.82) is 0 Å². The van der Waals surface area contributed by atoms with E-state index < -0.39 is 4.92 Å². The fourth-order valence-electron chi connectivity index (χ4n) is 2.80. The Balaban J connectivity index is 2.07. The van der Waals surface area contributed by atoms with Crippen molar-refractivity contribution in [2.45, 2.75) is 19.3 Å². The van der Waals surface area contributed by atoms with Crippen LogP contribution in [0.1, 0.15) is 35.2 Å². The normalized spacial score (nSPS) is 11.6. The van der Waals surface area contributed by atoms with E-state index in [1.807, 2.05) is 30.3 Å². The molecule has 2 aromatic carbocycles. The first-order valence-corrected chi connectivity index (χ1v) is 8.91. The van der Waals surface area contributed by atoms with Crippen LogP contribution in [0.25, 0.3) is 0 Å². The van der Waals surface area contributed by atoms with Gasteiger partial charge in [0.25, 0.3) is 11.6 Å². The molecule has 1 amide bonds. The molecule has 7 nitrogen and oxygen atoms in total. The predicted octanol–water partition coefficient (Wildman–Crippen LogP) is 3.58. The number of rotatable bonds is 10. The Morgan fingerprint density at radius 1 is 1.22 bits per heavy atom. The molecule has 7 heteroatoms. The highest BCUT2D eigenvalue weighted by molar-refractivity contribution is 5.95. The third kappa shape index (κ3) is 5.79. The molecule has 0 aromatic heterocycles. The Hall–Kier alpha value is -2.93. The van der Waals surface area contributed by atoms with Crippen molar-refractivity contribution in [2.75, 3.05) is 32.1 Å². The first kappa shape index (κ1) is 20.4. The number of nitrogens with zero attached hydrogens (tertiary/aromatic N) is 1. The summed E-state index contributed by atoms with van der Waals surface area (Å²) in [5.74, 6) is -0.129. The Morgan fingerprint density at radius 2 is 1.96 bits per heavy atom. The van der Waals surface area contributed by atoms with Crippen LogP contribution in [0.15, 0.2) is 48.5 Å². The van der Waals surface area contributed by atoms with E-state index >= 15 is 0 Å². The molecular formula is C20H25N3O4. The number of carbonyl (C=O) groups is 1. The molecule has 1 atom stereocenters. The number of amides is 1. The van der Waals surface area contributed by atoms with E-state index in [1.165, 1.54) is 6.07 Å². The maximum atomic E-state index is 12.5. The topological polar surface area (TPSA) is 93.5 Å². The Bertz CT molecular complexity index is 765. The van der Waals surface area contributed by atoms with Crippen LogP contribution in [-0.4, -0.2) is 37.6 Å². The van der Waals surface area contributed by atoms with E-state index in [9.17, 15) is 14.9 Å². The summed E-state index contributed by atoms with van der Waals surface area (Å²) in [6.07, 6.45) is 0.882. The van der Waals surface area contributed by atoms with Gasteiger partial charge in [-0.1, -0.05) is 37.3 Å². The fraction of sp³-hybridized carbons (Fsp3) is 0.350. The van der Waals surface area contributed by atoms with Gasteiger partial charge in [0.15, 0.2) is 0 Å². The van der Waals surface area contributed by atoms with Gasteiger partial charge in [-0.2, -0.15) is 0 Å². The second-order valence-electron chi connectivity index (χ2n) is 6.13. The Labute approximate surface area is 158 Å². The van der Waals surface area contributed by atoms with Crippen LogP contribution in [0.3, 0.4) is 0 Å². The number of nitrogens with one attached hydrogen (secondary N) is 2. The van der Waals surface area contributed by atoms with Crippen molar-refractivity contribution >= 4 is 17.3 Å². The van der Waals surface area contributed by atoms with E-state index in [-0.39, 0.29) is 23.1 Å². The number of carbonyl (C=O) groups excluding carboxylic acids is 1. The fourth-order valence-corrected chi connectivity index (χ4v) is 2.80. The van der Waals surface area contributed by atoms with Crippen LogP contribution in [0.2, 0.25) is 0 Å². The van der Waals surface area contributed by atoms with Gasteiger partial charge in [-0.3, -0.25) is 14.9 Å². The zero-order valence-electron chi connectivity index (χ0n) is 15.6. The van der Waals surface area contributed by atoms with Crippen LogP contribution in [0.4, 0.5) is 11.4 Å². The minimum absolute atomic E-state index is 0.131. The van der Waals surface area contributed by atoms with Gasteiger partial charge in [0.1, 0.15) is 5.69 Å². The summed E-state index contributed by atoms with van der Waals surface area (Å²) in [5, 5.41) is 17.2. The van der Waals surface area contributed by atoms with Crippen molar-refractivity contribution in [3.63, 3.8) is 0 Å². The smallest absolute Gasteiger partial charge is 0.293 e. The van der Waals surface area contributed by atoms with Gasteiger partial charge in [0.2, 0.25) is 0 Å². The minimum Gasteiger partial charge on any atom is -0.383 e. The number of methoxy groups -OCH3 is 1. The highest BCUT2D eigenvalue weighted by atomic mass is 16.6. The number of benzene rings is 2. The van der Waals surface area contributed by atoms with Gasteiger partial charge >= 0.3 is 0 Å².